The normalized spacial score (nSPS) is 11.6. The van der Waals surface area contributed by atoms with Crippen LogP contribution in [0.1, 0.15) is 51.9 Å². The van der Waals surface area contributed by atoms with Gasteiger partial charge in [0.25, 0.3) is 0 Å². The number of hydrogen-bond acceptors (Lipinski definition) is 2. The third-order valence-electron chi connectivity index (χ3n) is 3.74. The first-order chi connectivity index (χ1) is 9.93. The van der Waals surface area contributed by atoms with E-state index in [2.05, 4.69) is 63.5 Å². The van der Waals surface area contributed by atoms with Crippen molar-refractivity contribution in [3.8, 4) is 11.3 Å². The molecule has 3 heteroatoms. The summed E-state index contributed by atoms with van der Waals surface area (Å²) in [5.74, 6) is 2.79. The van der Waals surface area contributed by atoms with Crippen LogP contribution < -0.4 is 5.73 Å². The molecule has 0 aliphatic rings. The Hall–Kier alpha value is -1.77. The third-order valence-corrected chi connectivity index (χ3v) is 3.74. The van der Waals surface area contributed by atoms with Gasteiger partial charge in [0.1, 0.15) is 17.3 Å². The second-order valence-corrected chi connectivity index (χ2v) is 6.41. The molecule has 1 aromatic heterocycles. The Kier molecular flexibility index (Phi) is 4.71. The lowest BCUT2D eigenvalue weighted by Crippen LogP contribution is -2.12. The Balaban J connectivity index is 2.48. The largest absolute Gasteiger partial charge is 0.383 e. The van der Waals surface area contributed by atoms with Gasteiger partial charge in [0, 0.05) is 18.0 Å². The summed E-state index contributed by atoms with van der Waals surface area (Å²) in [6.07, 6.45) is 1.05. The van der Waals surface area contributed by atoms with Crippen molar-refractivity contribution >= 4 is 5.82 Å². The molecule has 0 amide bonds. The van der Waals surface area contributed by atoms with E-state index in [1.807, 2.05) is 0 Å². The van der Waals surface area contributed by atoms with Gasteiger partial charge in [-0.05, 0) is 17.9 Å². The van der Waals surface area contributed by atoms with Crippen LogP contribution in [0.2, 0.25) is 0 Å². The van der Waals surface area contributed by atoms with Gasteiger partial charge in [-0.15, -0.1) is 0 Å². The van der Waals surface area contributed by atoms with Gasteiger partial charge in [0.2, 0.25) is 0 Å². The van der Waals surface area contributed by atoms with E-state index in [0.717, 1.165) is 35.9 Å². The van der Waals surface area contributed by atoms with E-state index in [4.69, 9.17) is 10.7 Å². The summed E-state index contributed by atoms with van der Waals surface area (Å²) in [6.45, 7) is 11.8. The van der Waals surface area contributed by atoms with Gasteiger partial charge < -0.3 is 10.3 Å². The number of rotatable bonds is 5. The van der Waals surface area contributed by atoms with E-state index in [1.54, 1.807) is 0 Å². The van der Waals surface area contributed by atoms with Gasteiger partial charge in [-0.2, -0.15) is 0 Å². The summed E-state index contributed by atoms with van der Waals surface area (Å²) in [4.78, 5) is 4.83. The van der Waals surface area contributed by atoms with Crippen LogP contribution in [-0.4, -0.2) is 9.55 Å². The van der Waals surface area contributed by atoms with Crippen LogP contribution in [0.5, 0.6) is 0 Å². The average Bonchev–Trinajstić information content (AvgIpc) is 2.76. The second kappa shape index (κ2) is 6.33. The fraction of sp³-hybridized carbons (Fsp3) is 0.500. The highest BCUT2D eigenvalue weighted by atomic mass is 15.1. The molecule has 0 atom stereocenters. The van der Waals surface area contributed by atoms with Crippen molar-refractivity contribution in [3.63, 3.8) is 0 Å². The molecule has 21 heavy (non-hydrogen) atoms. The molecule has 0 bridgehead atoms. The number of aryl methyl sites for hydroxylation is 1. The summed E-state index contributed by atoms with van der Waals surface area (Å²) in [5, 5.41) is 0. The van der Waals surface area contributed by atoms with Crippen LogP contribution in [0.25, 0.3) is 11.3 Å². The fourth-order valence-electron chi connectivity index (χ4n) is 2.59. The molecular weight excluding hydrogens is 258 g/mol. The molecule has 2 aromatic rings. The number of imidazole rings is 1. The molecular formula is C18H27N3. The lowest BCUT2D eigenvalue weighted by molar-refractivity contribution is 0.502. The van der Waals surface area contributed by atoms with Gasteiger partial charge in [-0.1, -0.05) is 58.9 Å². The number of nitrogen functional groups attached to an aromatic ring is 1. The smallest absolute Gasteiger partial charge is 0.131 e. The van der Waals surface area contributed by atoms with Crippen LogP contribution in [0.4, 0.5) is 5.82 Å². The zero-order chi connectivity index (χ0) is 15.6. The average molecular weight is 285 g/mol. The molecule has 2 rings (SSSR count). The number of anilines is 1. The first kappa shape index (κ1) is 15.6. The molecule has 0 saturated heterocycles. The van der Waals surface area contributed by atoms with Crippen LogP contribution in [0.3, 0.4) is 0 Å². The highest BCUT2D eigenvalue weighted by molar-refractivity contribution is 5.71. The lowest BCUT2D eigenvalue weighted by atomic mass is 10.1. The molecule has 0 aliphatic carbocycles. The Labute approximate surface area is 128 Å². The van der Waals surface area contributed by atoms with Crippen molar-refractivity contribution in [2.75, 3.05) is 5.73 Å². The maximum atomic E-state index is 6.39. The first-order valence-electron chi connectivity index (χ1n) is 7.89. The summed E-state index contributed by atoms with van der Waals surface area (Å²) in [7, 11) is 0. The van der Waals surface area contributed by atoms with Gasteiger partial charge in [0.05, 0.1) is 0 Å². The van der Waals surface area contributed by atoms with Gasteiger partial charge in [-0.25, -0.2) is 4.98 Å². The summed E-state index contributed by atoms with van der Waals surface area (Å²) in [5.41, 5.74) is 9.75. The van der Waals surface area contributed by atoms with Crippen molar-refractivity contribution in [2.45, 2.75) is 53.5 Å². The van der Waals surface area contributed by atoms with Crippen LogP contribution >= 0.6 is 0 Å². The maximum Gasteiger partial charge on any atom is 0.131 e. The second-order valence-electron chi connectivity index (χ2n) is 6.41. The minimum Gasteiger partial charge on any atom is -0.383 e. The first-order valence-corrected chi connectivity index (χ1v) is 7.89. The Morgan fingerprint density at radius 2 is 1.71 bits per heavy atom. The zero-order valence-corrected chi connectivity index (χ0v) is 13.9. The summed E-state index contributed by atoms with van der Waals surface area (Å²) < 4.78 is 2.18. The molecule has 0 radical (unpaired) electrons. The van der Waals surface area contributed by atoms with Crippen LogP contribution in [-0.2, 0) is 13.0 Å². The van der Waals surface area contributed by atoms with Crippen molar-refractivity contribution < 1.29 is 0 Å². The van der Waals surface area contributed by atoms with E-state index in [1.165, 1.54) is 5.56 Å². The van der Waals surface area contributed by atoms with Gasteiger partial charge in [-0.3, -0.25) is 0 Å². The van der Waals surface area contributed by atoms with Crippen LogP contribution in [0, 0.1) is 5.92 Å². The minimum absolute atomic E-state index is 0.370. The summed E-state index contributed by atoms with van der Waals surface area (Å²) >= 11 is 0. The Bertz CT molecular complexity index is 592. The van der Waals surface area contributed by atoms with Gasteiger partial charge in [0.15, 0.2) is 0 Å². The number of nitrogens with zero attached hydrogens (tertiary/aromatic N) is 2. The topological polar surface area (TPSA) is 43.8 Å². The Morgan fingerprint density at radius 3 is 2.19 bits per heavy atom. The summed E-state index contributed by atoms with van der Waals surface area (Å²) in [6, 6.07) is 8.57. The van der Waals surface area contributed by atoms with Crippen molar-refractivity contribution in [3.05, 3.63) is 35.7 Å². The zero-order valence-electron chi connectivity index (χ0n) is 13.9. The van der Waals surface area contributed by atoms with E-state index >= 15 is 0 Å². The number of nitrogens with two attached hydrogens (primary N) is 1. The third kappa shape index (κ3) is 3.29. The monoisotopic (exact) mass is 285 g/mol. The highest BCUT2D eigenvalue weighted by Gasteiger charge is 2.18. The quantitative estimate of drug-likeness (QED) is 0.880. The molecule has 0 fully saturated rings. The molecule has 0 aliphatic heterocycles. The van der Waals surface area contributed by atoms with E-state index in [-0.39, 0.29) is 0 Å². The minimum atomic E-state index is 0.370. The molecule has 114 valence electrons. The number of hydrogen-bond donors (Lipinski definition) is 1. The standard InChI is InChI=1S/C18H27N3/c1-6-14-7-9-15(10-8-14)16-17(19)21(11-12(2)3)18(20-16)13(4)5/h7-10,12-13H,6,11,19H2,1-5H3. The maximum absolute atomic E-state index is 6.39. The van der Waals surface area contributed by atoms with Crippen LogP contribution in [0.15, 0.2) is 24.3 Å². The highest BCUT2D eigenvalue weighted by Crippen LogP contribution is 2.30. The number of aromatic nitrogens is 2. The predicted octanol–water partition coefficient (Wildman–Crippen LogP) is 4.47. The van der Waals surface area contributed by atoms with Crippen molar-refractivity contribution in [1.29, 1.82) is 0 Å². The molecule has 0 saturated carbocycles. The predicted molar refractivity (Wildman–Crippen MR) is 90.4 cm³/mol. The van der Waals surface area contributed by atoms with E-state index in [9.17, 15) is 0 Å². The molecule has 1 heterocycles. The molecule has 1 aromatic carbocycles. The number of benzene rings is 1. The fourth-order valence-corrected chi connectivity index (χ4v) is 2.59. The van der Waals surface area contributed by atoms with E-state index < -0.39 is 0 Å². The van der Waals surface area contributed by atoms with Crippen molar-refractivity contribution in [2.24, 2.45) is 5.92 Å². The molecule has 2 N–H and O–H groups in total. The molecule has 3 nitrogen and oxygen atoms in total. The Morgan fingerprint density at radius 1 is 1.10 bits per heavy atom. The van der Waals surface area contributed by atoms with Gasteiger partial charge >= 0.3 is 0 Å². The lowest BCUT2D eigenvalue weighted by Gasteiger charge is -2.14. The molecule has 0 unspecified atom stereocenters. The SMILES string of the molecule is CCc1ccc(-c2nc(C(C)C)n(CC(C)C)c2N)cc1. The van der Waals surface area contributed by atoms with E-state index in [0.29, 0.717) is 11.8 Å². The molecule has 0 spiro atoms. The van der Waals surface area contributed by atoms with Crippen molar-refractivity contribution in [1.82, 2.24) is 9.55 Å².